The molecule has 1 N–H and O–H groups in total. The molecule has 1 heterocycles. The summed E-state index contributed by atoms with van der Waals surface area (Å²) in [6.45, 7) is 0. The summed E-state index contributed by atoms with van der Waals surface area (Å²) in [5, 5.41) is 6.85. The molecule has 0 saturated carbocycles. The number of amides is 1. The Bertz CT molecular complexity index is 1030. The fourth-order valence-electron chi connectivity index (χ4n) is 3.04. The van der Waals surface area contributed by atoms with Crippen molar-refractivity contribution in [3.05, 3.63) is 102 Å². The summed E-state index contributed by atoms with van der Waals surface area (Å²) in [5.74, 6) is -0.387. The molecule has 0 saturated heterocycles. The maximum absolute atomic E-state index is 12.6. The summed E-state index contributed by atoms with van der Waals surface area (Å²) in [5.41, 5.74) is 3.34. The molecule has 1 atom stereocenters. The molecule has 5 heteroatoms. The summed E-state index contributed by atoms with van der Waals surface area (Å²) in [7, 11) is 0. The minimum Gasteiger partial charge on any atom is -0.382 e. The number of hydrogen-bond acceptors (Lipinski definition) is 4. The minimum absolute atomic E-state index is 0.0940. The molecular formula is C23H18N2O3. The topological polar surface area (TPSA) is 67.8 Å². The molecule has 0 aromatic heterocycles. The van der Waals surface area contributed by atoms with Crippen molar-refractivity contribution in [2.45, 2.75) is 12.5 Å². The van der Waals surface area contributed by atoms with Crippen molar-refractivity contribution in [1.82, 2.24) is 0 Å². The second kappa shape index (κ2) is 7.88. The van der Waals surface area contributed by atoms with Crippen molar-refractivity contribution in [1.29, 1.82) is 0 Å². The van der Waals surface area contributed by atoms with Crippen molar-refractivity contribution >= 4 is 23.1 Å². The predicted octanol–water partition coefficient (Wildman–Crippen LogP) is 4.05. The summed E-state index contributed by atoms with van der Waals surface area (Å²) >= 11 is 0. The summed E-state index contributed by atoms with van der Waals surface area (Å²) in [6, 6.07) is 25.5. The number of anilines is 1. The van der Waals surface area contributed by atoms with E-state index in [1.165, 1.54) is 0 Å². The van der Waals surface area contributed by atoms with Gasteiger partial charge in [-0.05, 0) is 17.7 Å². The number of benzene rings is 3. The van der Waals surface area contributed by atoms with Crippen LogP contribution in [0.3, 0.4) is 0 Å². The average Bonchev–Trinajstić information content (AvgIpc) is 3.25. The number of rotatable bonds is 5. The van der Waals surface area contributed by atoms with Crippen LogP contribution in [0.4, 0.5) is 5.69 Å². The van der Waals surface area contributed by atoms with Gasteiger partial charge in [-0.15, -0.1) is 0 Å². The molecule has 1 aliphatic rings. The van der Waals surface area contributed by atoms with Crippen LogP contribution in [0.5, 0.6) is 0 Å². The van der Waals surface area contributed by atoms with Crippen molar-refractivity contribution < 1.29 is 14.4 Å². The predicted molar refractivity (Wildman–Crippen MR) is 107 cm³/mol. The summed E-state index contributed by atoms with van der Waals surface area (Å²) in [6.07, 6.45) is -0.290. The number of oxime groups is 1. The van der Waals surface area contributed by atoms with E-state index in [1.54, 1.807) is 36.4 Å². The second-order valence-corrected chi connectivity index (χ2v) is 6.47. The Morgan fingerprint density at radius 2 is 1.54 bits per heavy atom. The first-order valence-electron chi connectivity index (χ1n) is 8.99. The van der Waals surface area contributed by atoms with E-state index in [-0.39, 0.29) is 11.7 Å². The SMILES string of the molecule is O=C(c1ccccc1)c1cccc(NC(=O)C2CC(c3ccccc3)=NO2)c1. The molecule has 28 heavy (non-hydrogen) atoms. The quantitative estimate of drug-likeness (QED) is 0.689. The number of hydrogen-bond donors (Lipinski definition) is 1. The molecule has 4 rings (SSSR count). The van der Waals surface area contributed by atoms with Crippen LogP contribution >= 0.6 is 0 Å². The highest BCUT2D eigenvalue weighted by Crippen LogP contribution is 2.20. The number of carbonyl (C=O) groups is 2. The summed E-state index contributed by atoms with van der Waals surface area (Å²) < 4.78 is 0. The molecule has 0 aliphatic carbocycles. The van der Waals surface area contributed by atoms with Gasteiger partial charge in [0.05, 0.1) is 5.71 Å². The molecule has 0 radical (unpaired) electrons. The molecule has 3 aromatic carbocycles. The van der Waals surface area contributed by atoms with Crippen molar-refractivity contribution in [2.75, 3.05) is 5.32 Å². The fourth-order valence-corrected chi connectivity index (χ4v) is 3.04. The lowest BCUT2D eigenvalue weighted by atomic mass is 10.0. The van der Waals surface area contributed by atoms with Crippen molar-refractivity contribution in [3.8, 4) is 0 Å². The Hall–Kier alpha value is -3.73. The highest BCUT2D eigenvalue weighted by molar-refractivity contribution is 6.10. The van der Waals surface area contributed by atoms with Gasteiger partial charge in [0.25, 0.3) is 5.91 Å². The number of ketones is 1. The zero-order valence-corrected chi connectivity index (χ0v) is 15.0. The second-order valence-electron chi connectivity index (χ2n) is 6.47. The van der Waals surface area contributed by atoms with E-state index >= 15 is 0 Å². The van der Waals surface area contributed by atoms with Crippen molar-refractivity contribution in [3.63, 3.8) is 0 Å². The van der Waals surface area contributed by atoms with Crippen LogP contribution < -0.4 is 5.32 Å². The fraction of sp³-hybridized carbons (Fsp3) is 0.0870. The zero-order valence-electron chi connectivity index (χ0n) is 15.0. The largest absolute Gasteiger partial charge is 0.382 e. The van der Waals surface area contributed by atoms with Crippen LogP contribution in [-0.2, 0) is 9.63 Å². The van der Waals surface area contributed by atoms with Crippen LogP contribution in [0.15, 0.2) is 90.1 Å². The maximum atomic E-state index is 12.6. The van der Waals surface area contributed by atoms with Gasteiger partial charge in [0, 0.05) is 23.2 Å². The van der Waals surface area contributed by atoms with Gasteiger partial charge in [0.15, 0.2) is 5.78 Å². The van der Waals surface area contributed by atoms with Crippen molar-refractivity contribution in [2.24, 2.45) is 5.16 Å². The van der Waals surface area contributed by atoms with E-state index in [0.717, 1.165) is 11.3 Å². The molecule has 1 unspecified atom stereocenters. The van der Waals surface area contributed by atoms with E-state index in [0.29, 0.717) is 23.2 Å². The van der Waals surface area contributed by atoms with E-state index in [1.807, 2.05) is 48.5 Å². The lowest BCUT2D eigenvalue weighted by Crippen LogP contribution is -2.28. The molecule has 138 valence electrons. The normalized spacial score (nSPS) is 15.4. The highest BCUT2D eigenvalue weighted by Gasteiger charge is 2.29. The van der Waals surface area contributed by atoms with Crippen LogP contribution in [0.1, 0.15) is 27.9 Å². The molecule has 0 fully saturated rings. The molecule has 1 amide bonds. The maximum Gasteiger partial charge on any atom is 0.268 e. The van der Waals surface area contributed by atoms with E-state index < -0.39 is 6.10 Å². The number of nitrogens with zero attached hydrogens (tertiary/aromatic N) is 1. The Kier molecular flexibility index (Phi) is 4.97. The van der Waals surface area contributed by atoms with Gasteiger partial charge < -0.3 is 10.2 Å². The summed E-state index contributed by atoms with van der Waals surface area (Å²) in [4.78, 5) is 30.4. The zero-order chi connectivity index (χ0) is 19.3. The van der Waals surface area contributed by atoms with Gasteiger partial charge in [0.1, 0.15) is 0 Å². The van der Waals surface area contributed by atoms with Crippen LogP contribution in [0.25, 0.3) is 0 Å². The third-order valence-corrected chi connectivity index (χ3v) is 4.50. The Balaban J connectivity index is 1.42. The monoisotopic (exact) mass is 370 g/mol. The first kappa shape index (κ1) is 17.7. The lowest BCUT2D eigenvalue weighted by Gasteiger charge is -2.10. The standard InChI is InChI=1S/C23H18N2O3/c26-22(17-10-5-2-6-11-17)18-12-7-13-19(14-18)24-23(27)21-15-20(25-28-21)16-8-3-1-4-9-16/h1-14,21H,15H2,(H,24,27). The third-order valence-electron chi connectivity index (χ3n) is 4.50. The Labute approximate surface area is 162 Å². The van der Waals surface area contributed by atoms with Gasteiger partial charge in [-0.25, -0.2) is 0 Å². The van der Waals surface area contributed by atoms with Crippen LogP contribution in [0, 0.1) is 0 Å². The minimum atomic E-state index is -0.691. The molecule has 0 bridgehead atoms. The van der Waals surface area contributed by atoms with E-state index in [2.05, 4.69) is 10.5 Å². The molecular weight excluding hydrogens is 352 g/mol. The van der Waals surface area contributed by atoms with Gasteiger partial charge in [-0.2, -0.15) is 0 Å². The van der Waals surface area contributed by atoms with Gasteiger partial charge in [-0.3, -0.25) is 9.59 Å². The molecule has 1 aliphatic heterocycles. The van der Waals surface area contributed by atoms with E-state index in [9.17, 15) is 9.59 Å². The Morgan fingerprint density at radius 1 is 0.857 bits per heavy atom. The lowest BCUT2D eigenvalue weighted by molar-refractivity contribution is -0.125. The average molecular weight is 370 g/mol. The first-order valence-corrected chi connectivity index (χ1v) is 8.99. The smallest absolute Gasteiger partial charge is 0.268 e. The third kappa shape index (κ3) is 3.83. The van der Waals surface area contributed by atoms with Crippen LogP contribution in [-0.4, -0.2) is 23.5 Å². The van der Waals surface area contributed by atoms with E-state index in [4.69, 9.17) is 4.84 Å². The van der Waals surface area contributed by atoms with Gasteiger partial charge >= 0.3 is 0 Å². The molecule has 0 spiro atoms. The highest BCUT2D eigenvalue weighted by atomic mass is 16.6. The van der Waals surface area contributed by atoms with Crippen LogP contribution in [0.2, 0.25) is 0 Å². The molecule has 3 aromatic rings. The number of carbonyl (C=O) groups excluding carboxylic acids is 2. The van der Waals surface area contributed by atoms with Gasteiger partial charge in [0.2, 0.25) is 6.10 Å². The number of nitrogens with one attached hydrogen (secondary N) is 1. The Morgan fingerprint density at radius 3 is 2.29 bits per heavy atom. The first-order chi connectivity index (χ1) is 13.7. The molecule has 5 nitrogen and oxygen atoms in total. The van der Waals surface area contributed by atoms with Gasteiger partial charge in [-0.1, -0.05) is 78.0 Å².